The number of nitrogens with two attached hydrogens (primary N) is 1. The van der Waals surface area contributed by atoms with Gasteiger partial charge >= 0.3 is 11.4 Å². The molecule has 0 bridgehead atoms. The number of nitrogen functional groups attached to an aromatic ring is 1. The molecule has 0 aliphatic rings. The van der Waals surface area contributed by atoms with Crippen LogP contribution in [0.25, 0.3) is 0 Å². The van der Waals surface area contributed by atoms with E-state index in [1.54, 1.807) is 6.07 Å². The Labute approximate surface area is 393 Å². The van der Waals surface area contributed by atoms with E-state index in [-0.39, 0.29) is 42.5 Å². The highest BCUT2D eigenvalue weighted by molar-refractivity contribution is 8.00. The first-order valence-electron chi connectivity index (χ1n) is 18.9. The van der Waals surface area contributed by atoms with E-state index in [0.717, 1.165) is 36.4 Å². The number of hydrogen-bond acceptors (Lipinski definition) is 15. The van der Waals surface area contributed by atoms with Crippen molar-refractivity contribution in [2.75, 3.05) is 11.1 Å². The molecule has 0 aliphatic carbocycles. The lowest BCUT2D eigenvalue weighted by molar-refractivity contribution is -0.390. The average molecular weight is 1040 g/mol. The minimum absolute atomic E-state index is 0.0203. The molecule has 0 radical (unpaired) electrons. The van der Waals surface area contributed by atoms with E-state index in [1.165, 1.54) is 89.8 Å². The predicted octanol–water partition coefficient (Wildman–Crippen LogP) is 10.6. The van der Waals surface area contributed by atoms with Crippen LogP contribution in [0.1, 0.15) is 55.4 Å². The van der Waals surface area contributed by atoms with Crippen molar-refractivity contribution in [3.05, 3.63) is 133 Å². The minimum Gasteiger partial charge on any atom is -0.395 e. The fraction of sp³-hybridized carbons (Fsp3) is 0.300. The molecule has 0 fully saturated rings. The van der Waals surface area contributed by atoms with Gasteiger partial charge in [-0.3, -0.25) is 20.2 Å². The molecular weight excluding hydrogens is 1000 g/mol. The summed E-state index contributed by atoms with van der Waals surface area (Å²) in [5.74, 6) is -3.35. The van der Waals surface area contributed by atoms with Crippen LogP contribution >= 0.6 is 35.0 Å². The number of hydrogen-bond donors (Lipinski definition) is 2. The largest absolute Gasteiger partial charge is 0.395 e. The molecule has 3 N–H and O–H groups in total. The summed E-state index contributed by atoms with van der Waals surface area (Å²) in [6, 6.07) is 14.7. The molecule has 1 aromatic heterocycles. The maximum Gasteiger partial charge on any atom is 0.323 e. The molecule has 5 rings (SSSR count). The fourth-order valence-corrected chi connectivity index (χ4v) is 9.69. The summed E-state index contributed by atoms with van der Waals surface area (Å²) in [5, 5.41) is 21.8. The van der Waals surface area contributed by atoms with Gasteiger partial charge in [-0.15, -0.1) is 11.8 Å². The van der Waals surface area contributed by atoms with Gasteiger partial charge in [-0.2, -0.15) is 13.8 Å². The Balaban J connectivity index is 0.000000308. The third kappa shape index (κ3) is 14.7. The van der Waals surface area contributed by atoms with Gasteiger partial charge in [0.25, 0.3) is 0 Å². The number of nitrogens with one attached hydrogen (secondary N) is 1. The Bertz CT molecular complexity index is 2900. The number of thioether (sulfide) groups is 1. The van der Waals surface area contributed by atoms with Crippen LogP contribution in [0.15, 0.2) is 98.6 Å². The van der Waals surface area contributed by atoms with E-state index >= 15 is 0 Å². The number of anilines is 3. The number of sulfone groups is 3. The second-order valence-corrected chi connectivity index (χ2v) is 24.1. The number of para-hydroxylation sites is 4. The third-order valence-electron chi connectivity index (χ3n) is 8.36. The molecule has 360 valence electrons. The average Bonchev–Trinajstić information content (AvgIpc) is 3.20. The molecule has 0 atom stereocenters. The lowest BCUT2D eigenvalue weighted by Gasteiger charge is -2.15. The van der Waals surface area contributed by atoms with Crippen LogP contribution in [0.2, 0.25) is 10.3 Å². The molecule has 1 heterocycles. The predicted molar refractivity (Wildman–Crippen MR) is 247 cm³/mol. The SMILES string of the molecule is CC(C)S(=O)(=O)c1cccc(F)c1N.CC(C)S(=O)(=O)c1cccc(F)c1Nc1nc(Cl)ncc1Cl.CC(C)S(=O)(=O)c1cccc(F)c1[N+](=O)[O-].CC(C)Sc1cccc(F)c1[N+](=O)[O-]. The Morgan fingerprint density at radius 1 is 0.621 bits per heavy atom. The summed E-state index contributed by atoms with van der Waals surface area (Å²) in [5.41, 5.74) is 3.40. The van der Waals surface area contributed by atoms with Gasteiger partial charge in [-0.1, -0.05) is 49.7 Å². The quantitative estimate of drug-likeness (QED) is 0.0294. The van der Waals surface area contributed by atoms with Crippen molar-refractivity contribution in [3.8, 4) is 0 Å². The Kier molecular flexibility index (Phi) is 20.8. The smallest absolute Gasteiger partial charge is 0.323 e. The van der Waals surface area contributed by atoms with Crippen LogP contribution in [0, 0.1) is 43.5 Å². The number of nitrogens with zero attached hydrogens (tertiary/aromatic N) is 4. The van der Waals surface area contributed by atoms with E-state index in [1.807, 2.05) is 13.8 Å². The first-order valence-corrected chi connectivity index (χ1v) is 25.2. The lowest BCUT2D eigenvalue weighted by atomic mass is 10.3. The summed E-state index contributed by atoms with van der Waals surface area (Å²) in [7, 11) is -11.0. The van der Waals surface area contributed by atoms with Crippen LogP contribution in [0.3, 0.4) is 0 Å². The van der Waals surface area contributed by atoms with Gasteiger partial charge in [0.05, 0.1) is 57.9 Å². The van der Waals surface area contributed by atoms with Crippen molar-refractivity contribution >= 4 is 93.0 Å². The molecule has 26 heteroatoms. The second kappa shape index (κ2) is 24.1. The van der Waals surface area contributed by atoms with Gasteiger partial charge in [-0.05, 0) is 102 Å². The van der Waals surface area contributed by atoms with Crippen LogP contribution in [0.5, 0.6) is 0 Å². The topological polar surface area (TPSA) is 253 Å². The van der Waals surface area contributed by atoms with Gasteiger partial charge in [0.15, 0.2) is 35.3 Å². The van der Waals surface area contributed by atoms with E-state index < -0.39 is 94.6 Å². The summed E-state index contributed by atoms with van der Waals surface area (Å²) in [6.07, 6.45) is 1.23. The number of halogens is 6. The Morgan fingerprint density at radius 2 is 1.03 bits per heavy atom. The van der Waals surface area contributed by atoms with Crippen LogP contribution in [-0.4, -0.2) is 66.1 Å². The highest BCUT2D eigenvalue weighted by Crippen LogP contribution is 2.35. The van der Waals surface area contributed by atoms with Crippen LogP contribution in [-0.2, 0) is 29.5 Å². The molecular formula is C40H44Cl2F4N6O10S4. The lowest BCUT2D eigenvalue weighted by Crippen LogP contribution is -2.16. The molecule has 0 aliphatic heterocycles. The molecule has 0 spiro atoms. The number of rotatable bonds is 12. The molecule has 4 aromatic carbocycles. The van der Waals surface area contributed by atoms with Crippen molar-refractivity contribution in [3.63, 3.8) is 0 Å². The van der Waals surface area contributed by atoms with Crippen LogP contribution in [0.4, 0.5) is 46.1 Å². The van der Waals surface area contributed by atoms with Crippen molar-refractivity contribution in [1.29, 1.82) is 0 Å². The number of nitro benzene ring substituents is 2. The van der Waals surface area contributed by atoms with E-state index in [0.29, 0.717) is 4.90 Å². The molecule has 66 heavy (non-hydrogen) atoms. The number of aromatic nitrogens is 2. The highest BCUT2D eigenvalue weighted by atomic mass is 35.5. The minimum atomic E-state index is -3.86. The van der Waals surface area contributed by atoms with Crippen LogP contribution < -0.4 is 11.1 Å². The Hall–Kier alpha value is -5.14. The van der Waals surface area contributed by atoms with Gasteiger partial charge < -0.3 is 11.1 Å². The van der Waals surface area contributed by atoms with Gasteiger partial charge in [0, 0.05) is 5.25 Å². The standard InChI is InChI=1S/C13H12Cl2FN3O2S.C9H10FNO4S.C9H12FNO2S.C9H10FNO2S/c1-7(2)22(20,21)10-5-3-4-9(16)11(10)18-12-8(14)6-17-13(15)19-12;1-6(2)16(14,15)8-5-3-4-7(10)9(8)11(12)13;1-6(2)14(12,13)8-5-3-4-7(10)9(8)11;1-6(2)14-8-5-3-4-7(10)9(8)11(12)13/h3-7H,1-2H3,(H,17,18,19);3-6H,1-2H3;3-6H,11H2,1-2H3;3-6H,1-2H3. The van der Waals surface area contributed by atoms with Crippen molar-refractivity contribution < 1.29 is 52.7 Å². The normalized spacial score (nSPS) is 11.5. The number of benzene rings is 4. The molecule has 0 unspecified atom stereocenters. The van der Waals surface area contributed by atoms with Gasteiger partial charge in [-0.25, -0.2) is 39.0 Å². The van der Waals surface area contributed by atoms with Crippen molar-refractivity contribution in [2.45, 2.75) is 96.0 Å². The van der Waals surface area contributed by atoms with E-state index in [2.05, 4.69) is 15.3 Å². The first-order chi connectivity index (χ1) is 30.4. The van der Waals surface area contributed by atoms with E-state index in [9.17, 15) is 63.0 Å². The third-order valence-corrected chi connectivity index (χ3v) is 16.5. The zero-order chi connectivity index (χ0) is 50.6. The first kappa shape index (κ1) is 57.0. The molecule has 5 aromatic rings. The van der Waals surface area contributed by atoms with Crippen molar-refractivity contribution in [1.82, 2.24) is 9.97 Å². The monoisotopic (exact) mass is 1040 g/mol. The maximum absolute atomic E-state index is 14.1. The van der Waals surface area contributed by atoms with Crippen molar-refractivity contribution in [2.24, 2.45) is 0 Å². The molecule has 0 saturated carbocycles. The summed E-state index contributed by atoms with van der Waals surface area (Å²) in [4.78, 5) is 26.5. The molecule has 0 amide bonds. The second-order valence-electron chi connectivity index (χ2n) is 14.4. The number of nitro groups is 2. The zero-order valence-corrected chi connectivity index (χ0v) is 40.9. The maximum atomic E-state index is 14.1. The van der Waals surface area contributed by atoms with Gasteiger partial charge in [0.1, 0.15) is 21.6 Å². The van der Waals surface area contributed by atoms with Gasteiger partial charge in [0.2, 0.25) is 16.9 Å². The molecule has 16 nitrogen and oxygen atoms in total. The molecule has 0 saturated heterocycles. The fourth-order valence-electron chi connectivity index (χ4n) is 4.87. The Morgan fingerprint density at radius 3 is 1.52 bits per heavy atom. The van der Waals surface area contributed by atoms with E-state index in [4.69, 9.17) is 28.9 Å². The zero-order valence-electron chi connectivity index (χ0n) is 36.2. The summed E-state index contributed by atoms with van der Waals surface area (Å²) < 4.78 is 125. The summed E-state index contributed by atoms with van der Waals surface area (Å²) >= 11 is 12.9. The summed E-state index contributed by atoms with van der Waals surface area (Å²) in [6.45, 7) is 12.6. The highest BCUT2D eigenvalue weighted by Gasteiger charge is 2.31.